The third-order valence-electron chi connectivity index (χ3n) is 18.7. The highest BCUT2D eigenvalue weighted by Crippen LogP contribution is 2.33. The fourth-order valence-electron chi connectivity index (χ4n) is 12.6. The third kappa shape index (κ3) is 39.3. The number of allylic oxidation sites excluding steroid dienone is 14. The molecule has 0 aliphatic carbocycles. The van der Waals surface area contributed by atoms with E-state index >= 15 is 0 Å². The minimum Gasteiger partial charge on any atom is -0.394 e. The number of ether oxygens (including phenoxy) is 6. The summed E-state index contributed by atoms with van der Waals surface area (Å²) in [5.41, 5.74) is 0. The molecule has 0 aromatic heterocycles. The summed E-state index contributed by atoms with van der Waals surface area (Å²) in [6, 6.07) is -0.897. The van der Waals surface area contributed by atoms with Crippen LogP contribution in [0.1, 0.15) is 271 Å². The Morgan fingerprint density at radius 2 is 0.711 bits per heavy atom. The van der Waals surface area contributed by atoms with E-state index in [1.807, 2.05) is 0 Å². The minimum atomic E-state index is -1.98. The summed E-state index contributed by atoms with van der Waals surface area (Å²) in [7, 11) is 0. The second-order valence-electron chi connectivity index (χ2n) is 27.1. The summed E-state index contributed by atoms with van der Waals surface area (Å²) in [5.74, 6) is -0.250. The molecule has 0 aromatic carbocycles. The van der Waals surface area contributed by atoms with E-state index < -0.39 is 124 Å². The van der Waals surface area contributed by atoms with Crippen LogP contribution in [0.3, 0.4) is 0 Å². The van der Waals surface area contributed by atoms with Crippen molar-refractivity contribution in [2.45, 2.75) is 375 Å². The monoisotopic (exact) mass is 1380 g/mol. The summed E-state index contributed by atoms with van der Waals surface area (Å²) in [6.07, 6.45) is 49.3. The van der Waals surface area contributed by atoms with Crippen LogP contribution < -0.4 is 5.32 Å². The highest BCUT2D eigenvalue weighted by molar-refractivity contribution is 5.76. The SMILES string of the molecule is CC/C=C\C/C=C\C/C=C\C/C=C\C/C=C\C/C=C\C/C=C\CCCCCCCCCCCC(=O)NC(COC1OC(CO)C(OC2OC(CO)C(OC3OC(CO)C(O)C(O)C3O)C(O)C2O)C(O)C1O)C(O)CCCCCCCCCCCCCCCCCCCCCCC. The molecule has 0 aromatic rings. The molecule has 3 aliphatic heterocycles. The van der Waals surface area contributed by atoms with E-state index in [4.69, 9.17) is 28.4 Å². The molecular formula is C78H137NO18. The number of carbonyl (C=O) groups is 1. The largest absolute Gasteiger partial charge is 0.394 e. The Bertz CT molecular complexity index is 2080. The smallest absolute Gasteiger partial charge is 0.220 e. The molecule has 17 unspecified atom stereocenters. The molecule has 0 bridgehead atoms. The number of unbranched alkanes of at least 4 members (excludes halogenated alkanes) is 29. The number of carbonyl (C=O) groups excluding carboxylic acids is 1. The Hall–Kier alpha value is -3.03. The van der Waals surface area contributed by atoms with Crippen molar-refractivity contribution in [1.82, 2.24) is 5.32 Å². The van der Waals surface area contributed by atoms with Crippen molar-refractivity contribution < 1.29 is 89.4 Å². The van der Waals surface area contributed by atoms with Gasteiger partial charge in [-0.3, -0.25) is 4.79 Å². The first kappa shape index (κ1) is 88.2. The molecule has 19 nitrogen and oxygen atoms in total. The average Bonchev–Trinajstić information content (AvgIpc) is 0.798. The Labute approximate surface area is 584 Å². The standard InChI is InChI=1S/C78H137NO18/c1-3-5-7-9-11-13-15-17-19-21-23-25-26-27-28-29-30-31-32-33-34-36-38-40-42-44-46-48-50-52-54-56-66(84)79-61(62(83)55-53-51-49-47-45-43-41-39-37-35-24-22-20-18-16-14-12-10-8-6-4-2)60-92-76-72(90)69(87)74(64(58-81)94-76)97-78-73(91)70(88)75(65(59-82)95-78)96-77-71(89)68(86)67(85)63(57-80)93-77/h5,7,11,13,17,19,23,25,27-28,30-31,33-34,61-65,67-78,80-83,85-91H,3-4,6,8-10,12,14-16,18,20-22,24,26,29,32,35-60H2,1-2H3,(H,79,84)/b7-5-,13-11-,19-17-,25-23-,28-27-,31-30-,34-33-. The van der Waals surface area contributed by atoms with E-state index in [-0.39, 0.29) is 18.9 Å². The van der Waals surface area contributed by atoms with Crippen molar-refractivity contribution >= 4 is 5.91 Å². The summed E-state index contributed by atoms with van der Waals surface area (Å²) >= 11 is 0. The second kappa shape index (κ2) is 58.5. The first-order chi connectivity index (χ1) is 47.3. The number of nitrogens with one attached hydrogen (secondary N) is 1. The highest BCUT2D eigenvalue weighted by atomic mass is 16.8. The van der Waals surface area contributed by atoms with Crippen molar-refractivity contribution in [2.75, 3.05) is 26.4 Å². The molecule has 3 saturated heterocycles. The van der Waals surface area contributed by atoms with Gasteiger partial charge in [-0.05, 0) is 70.6 Å². The van der Waals surface area contributed by atoms with Crippen LogP contribution in [0.4, 0.5) is 0 Å². The molecule has 17 atom stereocenters. The lowest BCUT2D eigenvalue weighted by Crippen LogP contribution is -2.66. The lowest BCUT2D eigenvalue weighted by Gasteiger charge is -2.48. The molecule has 0 saturated carbocycles. The van der Waals surface area contributed by atoms with Gasteiger partial charge in [0, 0.05) is 6.42 Å². The van der Waals surface area contributed by atoms with Crippen molar-refractivity contribution in [1.29, 1.82) is 0 Å². The molecular weight excluding hydrogens is 1240 g/mol. The molecule has 3 heterocycles. The Balaban J connectivity index is 1.39. The van der Waals surface area contributed by atoms with Gasteiger partial charge in [-0.2, -0.15) is 0 Å². The molecule has 3 rings (SSSR count). The molecule has 3 fully saturated rings. The fourth-order valence-corrected chi connectivity index (χ4v) is 12.6. The fraction of sp³-hybridized carbons (Fsp3) is 0.808. The number of hydrogen-bond donors (Lipinski definition) is 12. The molecule has 3 aliphatic rings. The van der Waals surface area contributed by atoms with Gasteiger partial charge in [0.05, 0.1) is 38.6 Å². The number of rotatable bonds is 59. The Kier molecular flexibility index (Phi) is 53.2. The van der Waals surface area contributed by atoms with Gasteiger partial charge in [0.25, 0.3) is 0 Å². The molecule has 0 spiro atoms. The summed E-state index contributed by atoms with van der Waals surface area (Å²) < 4.78 is 34.5. The molecule has 19 heteroatoms. The first-order valence-electron chi connectivity index (χ1n) is 38.3. The molecule has 0 radical (unpaired) electrons. The van der Waals surface area contributed by atoms with E-state index in [0.29, 0.717) is 12.8 Å². The zero-order valence-electron chi connectivity index (χ0n) is 59.8. The van der Waals surface area contributed by atoms with Crippen LogP contribution in [-0.2, 0) is 33.2 Å². The second-order valence-corrected chi connectivity index (χ2v) is 27.1. The minimum absolute atomic E-state index is 0.250. The van der Waals surface area contributed by atoms with Crippen LogP contribution >= 0.6 is 0 Å². The molecule has 97 heavy (non-hydrogen) atoms. The quantitative estimate of drug-likeness (QED) is 0.0199. The van der Waals surface area contributed by atoms with Crippen LogP contribution in [0.5, 0.6) is 0 Å². The highest BCUT2D eigenvalue weighted by Gasteiger charge is 2.53. The van der Waals surface area contributed by atoms with Gasteiger partial charge in [0.2, 0.25) is 5.91 Å². The Morgan fingerprint density at radius 1 is 0.381 bits per heavy atom. The zero-order valence-corrected chi connectivity index (χ0v) is 59.8. The molecule has 12 N–H and O–H groups in total. The maximum absolute atomic E-state index is 13.5. The van der Waals surface area contributed by atoms with Crippen LogP contribution in [0.25, 0.3) is 0 Å². The van der Waals surface area contributed by atoms with Crippen molar-refractivity contribution in [2.24, 2.45) is 0 Å². The maximum Gasteiger partial charge on any atom is 0.220 e. The summed E-state index contributed by atoms with van der Waals surface area (Å²) in [5, 5.41) is 121. The van der Waals surface area contributed by atoms with Crippen LogP contribution in [0, 0.1) is 0 Å². The van der Waals surface area contributed by atoms with E-state index in [0.717, 1.165) is 103 Å². The third-order valence-corrected chi connectivity index (χ3v) is 18.7. The number of amides is 1. The van der Waals surface area contributed by atoms with Gasteiger partial charge in [-0.15, -0.1) is 0 Å². The van der Waals surface area contributed by atoms with Gasteiger partial charge in [0.1, 0.15) is 73.2 Å². The van der Waals surface area contributed by atoms with Gasteiger partial charge in [-0.25, -0.2) is 0 Å². The topological polar surface area (TPSA) is 307 Å². The van der Waals surface area contributed by atoms with Crippen LogP contribution in [0.15, 0.2) is 85.1 Å². The van der Waals surface area contributed by atoms with E-state index in [1.54, 1.807) is 0 Å². The number of hydrogen-bond acceptors (Lipinski definition) is 18. The normalized spacial score (nSPS) is 27.4. The van der Waals surface area contributed by atoms with E-state index in [2.05, 4.69) is 104 Å². The van der Waals surface area contributed by atoms with Gasteiger partial charge in [-0.1, -0.05) is 279 Å². The predicted octanol–water partition coefficient (Wildman–Crippen LogP) is 11.8. The lowest BCUT2D eigenvalue weighted by molar-refractivity contribution is -0.379. The number of aliphatic hydroxyl groups excluding tert-OH is 11. The van der Waals surface area contributed by atoms with Crippen molar-refractivity contribution in [3.8, 4) is 0 Å². The van der Waals surface area contributed by atoms with E-state index in [1.165, 1.54) is 135 Å². The lowest BCUT2D eigenvalue weighted by atomic mass is 9.96. The van der Waals surface area contributed by atoms with Crippen LogP contribution in [-0.4, -0.2) is 193 Å². The van der Waals surface area contributed by atoms with Crippen molar-refractivity contribution in [3.05, 3.63) is 85.1 Å². The zero-order chi connectivity index (χ0) is 70.4. The average molecular weight is 1380 g/mol. The number of aliphatic hydroxyl groups is 11. The van der Waals surface area contributed by atoms with Crippen molar-refractivity contribution in [3.63, 3.8) is 0 Å². The first-order valence-corrected chi connectivity index (χ1v) is 38.3. The summed E-state index contributed by atoms with van der Waals surface area (Å²) in [6.45, 7) is 1.70. The Morgan fingerprint density at radius 3 is 1.11 bits per heavy atom. The van der Waals surface area contributed by atoms with E-state index in [9.17, 15) is 61.0 Å². The van der Waals surface area contributed by atoms with Gasteiger partial charge >= 0.3 is 0 Å². The maximum atomic E-state index is 13.5. The molecule has 562 valence electrons. The van der Waals surface area contributed by atoms with Crippen LogP contribution in [0.2, 0.25) is 0 Å². The predicted molar refractivity (Wildman–Crippen MR) is 383 cm³/mol. The van der Waals surface area contributed by atoms with Gasteiger partial charge in [0.15, 0.2) is 18.9 Å². The van der Waals surface area contributed by atoms with Gasteiger partial charge < -0.3 is 89.9 Å². The molecule has 1 amide bonds. The summed E-state index contributed by atoms with van der Waals surface area (Å²) in [4.78, 5) is 13.5.